The molecular formula is C19H38O3Sn. The van der Waals surface area contributed by atoms with Crippen molar-refractivity contribution in [1.29, 1.82) is 0 Å². The molecule has 0 saturated heterocycles. The van der Waals surface area contributed by atoms with Gasteiger partial charge in [-0.05, 0) is 0 Å². The van der Waals surface area contributed by atoms with Gasteiger partial charge in [0.05, 0.1) is 0 Å². The number of unbranched alkanes of at least 4 members (excludes halogenated alkanes) is 3. The van der Waals surface area contributed by atoms with Crippen molar-refractivity contribution in [2.75, 3.05) is 11.2 Å². The Labute approximate surface area is 148 Å². The van der Waals surface area contributed by atoms with E-state index in [0.717, 1.165) is 10.4 Å². The van der Waals surface area contributed by atoms with Crippen molar-refractivity contribution in [2.24, 2.45) is 0 Å². The van der Waals surface area contributed by atoms with E-state index in [1.807, 2.05) is 13.8 Å². The maximum absolute atomic E-state index is 6.19. The molecule has 1 rings (SSSR count). The Kier molecular flexibility index (Phi) is 9.98. The van der Waals surface area contributed by atoms with Gasteiger partial charge in [-0.25, -0.2) is 0 Å². The molecule has 0 amide bonds. The predicted octanol–water partition coefficient (Wildman–Crippen LogP) is 6.02. The first kappa shape index (κ1) is 21.1. The summed E-state index contributed by atoms with van der Waals surface area (Å²) in [5.74, 6) is 0.322. The molecule has 0 fully saturated rings. The molecule has 136 valence electrons. The first-order valence-corrected chi connectivity index (χ1v) is 17.7. The molecular weight excluding hydrogens is 395 g/mol. The fourth-order valence-corrected chi connectivity index (χ4v) is 17.6. The minimum atomic E-state index is -2.16. The number of ether oxygens (including phenoxy) is 3. The molecule has 0 N–H and O–H groups in total. The Morgan fingerprint density at radius 1 is 0.957 bits per heavy atom. The van der Waals surface area contributed by atoms with Crippen molar-refractivity contribution in [2.45, 2.75) is 92.2 Å². The third-order valence-corrected chi connectivity index (χ3v) is 19.1. The van der Waals surface area contributed by atoms with Gasteiger partial charge in [-0.2, -0.15) is 0 Å². The molecule has 1 aliphatic heterocycles. The standard InChI is InChI=1S/C7H11O3.3C4H9.Sn/c1-7(2)9-5-6(10-7)4-8-3;3*1-3-4-2;/h5H,3-4H2,1-2H3;3*1,3-4H2,2H3;. The van der Waals surface area contributed by atoms with Crippen LogP contribution in [0.4, 0.5) is 0 Å². The summed E-state index contributed by atoms with van der Waals surface area (Å²) in [7, 11) is 0. The molecule has 0 radical (unpaired) electrons. The summed E-state index contributed by atoms with van der Waals surface area (Å²) in [6, 6.07) is 0. The van der Waals surface area contributed by atoms with E-state index in [9.17, 15) is 0 Å². The Morgan fingerprint density at radius 2 is 1.48 bits per heavy atom. The monoisotopic (exact) mass is 434 g/mol. The Hall–Kier alpha value is 0.0987. The van der Waals surface area contributed by atoms with Gasteiger partial charge in [-0.15, -0.1) is 0 Å². The summed E-state index contributed by atoms with van der Waals surface area (Å²) in [5, 5.41) is 0. The van der Waals surface area contributed by atoms with E-state index in [2.05, 4.69) is 20.8 Å². The van der Waals surface area contributed by atoms with Crippen LogP contribution < -0.4 is 0 Å². The van der Waals surface area contributed by atoms with Crippen LogP contribution in [0.1, 0.15) is 73.1 Å². The molecule has 0 unspecified atom stereocenters. The van der Waals surface area contributed by atoms with E-state index in [1.165, 1.54) is 51.8 Å². The maximum atomic E-state index is 6.19. The van der Waals surface area contributed by atoms with Gasteiger partial charge in [-0.1, -0.05) is 0 Å². The second-order valence-corrected chi connectivity index (χ2v) is 21.2. The average molecular weight is 433 g/mol. The van der Waals surface area contributed by atoms with Gasteiger partial charge >= 0.3 is 148 Å². The Balaban J connectivity index is 2.55. The van der Waals surface area contributed by atoms with E-state index in [4.69, 9.17) is 14.2 Å². The summed E-state index contributed by atoms with van der Waals surface area (Å²) in [5.41, 5.74) is 0. The van der Waals surface area contributed by atoms with Gasteiger partial charge < -0.3 is 0 Å². The zero-order chi connectivity index (χ0) is 17.2. The third kappa shape index (κ3) is 8.15. The SMILES string of the molecule is CCC[CH2][Sn]([CH2]CCC)([CH2]CCC)[CH2]OCC1=COC(C)(C)O1. The van der Waals surface area contributed by atoms with Crippen molar-refractivity contribution in [3.05, 3.63) is 12.0 Å². The molecule has 0 aromatic rings. The topological polar surface area (TPSA) is 27.7 Å². The molecule has 0 saturated carbocycles. The summed E-state index contributed by atoms with van der Waals surface area (Å²) >= 11 is -2.16. The van der Waals surface area contributed by atoms with Crippen LogP contribution in [0, 0.1) is 0 Å². The summed E-state index contributed by atoms with van der Waals surface area (Å²) in [4.78, 5) is 0. The fraction of sp³-hybridized carbons (Fsp3) is 0.895. The molecule has 1 aliphatic rings. The number of hydrogen-bond acceptors (Lipinski definition) is 3. The van der Waals surface area contributed by atoms with Crippen molar-refractivity contribution < 1.29 is 14.2 Å². The Morgan fingerprint density at radius 3 is 1.87 bits per heavy atom. The van der Waals surface area contributed by atoms with E-state index in [0.29, 0.717) is 6.61 Å². The molecule has 3 nitrogen and oxygen atoms in total. The minimum absolute atomic E-state index is 0.522. The van der Waals surface area contributed by atoms with Gasteiger partial charge in [0.1, 0.15) is 0 Å². The van der Waals surface area contributed by atoms with Crippen LogP contribution in [-0.2, 0) is 14.2 Å². The van der Waals surface area contributed by atoms with E-state index in [-0.39, 0.29) is 0 Å². The second-order valence-electron chi connectivity index (χ2n) is 7.51. The predicted molar refractivity (Wildman–Crippen MR) is 100 cm³/mol. The number of hydrogen-bond donors (Lipinski definition) is 0. The molecule has 1 heterocycles. The summed E-state index contributed by atoms with van der Waals surface area (Å²) in [6.45, 7) is 11.4. The third-order valence-electron chi connectivity index (χ3n) is 4.69. The van der Waals surface area contributed by atoms with Crippen LogP contribution in [0.15, 0.2) is 12.0 Å². The van der Waals surface area contributed by atoms with Crippen molar-refractivity contribution >= 4 is 18.4 Å². The van der Waals surface area contributed by atoms with Crippen LogP contribution in [0.25, 0.3) is 0 Å². The van der Waals surface area contributed by atoms with Crippen molar-refractivity contribution in [1.82, 2.24) is 0 Å². The van der Waals surface area contributed by atoms with Gasteiger partial charge in [0.25, 0.3) is 0 Å². The van der Waals surface area contributed by atoms with Crippen LogP contribution in [-0.4, -0.2) is 35.4 Å². The number of rotatable bonds is 13. The molecule has 0 bridgehead atoms. The zero-order valence-electron chi connectivity index (χ0n) is 16.1. The van der Waals surface area contributed by atoms with Gasteiger partial charge in [0.2, 0.25) is 0 Å². The van der Waals surface area contributed by atoms with E-state index >= 15 is 0 Å². The van der Waals surface area contributed by atoms with Crippen molar-refractivity contribution in [3.8, 4) is 0 Å². The summed E-state index contributed by atoms with van der Waals surface area (Å²) < 4.78 is 22.9. The van der Waals surface area contributed by atoms with Crippen LogP contribution >= 0.6 is 0 Å². The quantitative estimate of drug-likeness (QED) is 0.333. The van der Waals surface area contributed by atoms with Gasteiger partial charge in [0, 0.05) is 0 Å². The second kappa shape index (κ2) is 10.9. The molecule has 0 aliphatic carbocycles. The molecule has 4 heteroatoms. The van der Waals surface area contributed by atoms with Gasteiger partial charge in [0.15, 0.2) is 0 Å². The molecule has 0 aromatic heterocycles. The summed E-state index contributed by atoms with van der Waals surface area (Å²) in [6.07, 6.45) is 9.83. The van der Waals surface area contributed by atoms with E-state index in [1.54, 1.807) is 6.26 Å². The van der Waals surface area contributed by atoms with Crippen LogP contribution in [0.5, 0.6) is 0 Å². The first-order chi connectivity index (χ1) is 11.0. The first-order valence-electron chi connectivity index (χ1n) is 9.60. The molecule has 23 heavy (non-hydrogen) atoms. The molecule has 0 atom stereocenters. The average Bonchev–Trinajstić information content (AvgIpc) is 2.87. The fourth-order valence-electron chi connectivity index (χ4n) is 3.25. The van der Waals surface area contributed by atoms with E-state index < -0.39 is 24.2 Å². The Bertz CT molecular complexity index is 331. The van der Waals surface area contributed by atoms with Crippen LogP contribution in [0.2, 0.25) is 13.3 Å². The normalized spacial score (nSPS) is 16.8. The molecule has 0 spiro atoms. The zero-order valence-corrected chi connectivity index (χ0v) is 18.9. The molecule has 0 aromatic carbocycles. The van der Waals surface area contributed by atoms with Crippen LogP contribution in [0.3, 0.4) is 0 Å². The van der Waals surface area contributed by atoms with Crippen molar-refractivity contribution in [3.63, 3.8) is 0 Å². The van der Waals surface area contributed by atoms with Gasteiger partial charge in [-0.3, -0.25) is 0 Å².